The molecule has 0 aliphatic rings. The lowest BCUT2D eigenvalue weighted by molar-refractivity contribution is 0.0954. The molecule has 0 atom stereocenters. The van der Waals surface area contributed by atoms with E-state index < -0.39 is 0 Å². The van der Waals surface area contributed by atoms with Gasteiger partial charge in [-0.25, -0.2) is 4.98 Å². The molecule has 0 unspecified atom stereocenters. The monoisotopic (exact) mass is 333 g/mol. The maximum Gasteiger partial charge on any atom is 0.251 e. The fourth-order valence-electron chi connectivity index (χ4n) is 1.79. The number of pyridine rings is 1. The Morgan fingerprint density at radius 2 is 2.05 bits per heavy atom. The molecule has 2 aromatic rings. The predicted octanol–water partition coefficient (Wildman–Crippen LogP) is 2.71. The molecule has 104 valence electrons. The molecule has 1 amide bonds. The Hall–Kier alpha value is -1.88. The van der Waals surface area contributed by atoms with E-state index in [1.807, 2.05) is 37.4 Å². The van der Waals surface area contributed by atoms with Crippen LogP contribution in [0.3, 0.4) is 0 Å². The highest BCUT2D eigenvalue weighted by atomic mass is 79.9. The molecular formula is C15H16BrN3O. The van der Waals surface area contributed by atoms with E-state index in [1.54, 1.807) is 18.3 Å². The zero-order valence-corrected chi connectivity index (χ0v) is 12.8. The zero-order chi connectivity index (χ0) is 14.4. The van der Waals surface area contributed by atoms with Gasteiger partial charge in [-0.3, -0.25) is 4.79 Å². The molecule has 0 fully saturated rings. The number of nitrogens with one attached hydrogen (secondary N) is 1. The molecule has 0 aliphatic heterocycles. The molecule has 0 saturated heterocycles. The highest BCUT2D eigenvalue weighted by Crippen LogP contribution is 2.10. The number of benzene rings is 1. The summed E-state index contributed by atoms with van der Waals surface area (Å²) in [6, 6.07) is 13.5. The highest BCUT2D eigenvalue weighted by Gasteiger charge is 2.06. The molecule has 4 nitrogen and oxygen atoms in total. The van der Waals surface area contributed by atoms with Gasteiger partial charge in [-0.1, -0.05) is 18.2 Å². The molecule has 0 bridgehead atoms. The van der Waals surface area contributed by atoms with Crippen molar-refractivity contribution in [2.45, 2.75) is 0 Å². The van der Waals surface area contributed by atoms with Gasteiger partial charge in [0.15, 0.2) is 0 Å². The molecule has 1 N–H and O–H groups in total. The number of para-hydroxylation sites is 1. The molecule has 0 aliphatic carbocycles. The van der Waals surface area contributed by atoms with Crippen LogP contribution in [0.4, 0.5) is 5.69 Å². The lowest BCUT2D eigenvalue weighted by atomic mass is 10.2. The van der Waals surface area contributed by atoms with E-state index in [-0.39, 0.29) is 5.91 Å². The Labute approximate surface area is 127 Å². The molecule has 1 aromatic carbocycles. The smallest absolute Gasteiger partial charge is 0.251 e. The standard InChI is InChI=1S/C15H16BrN3O/c1-19(13-5-3-2-4-6-13)10-9-18-15(20)12-7-8-17-14(16)11-12/h2-8,11H,9-10H2,1H3,(H,18,20). The minimum absolute atomic E-state index is 0.0884. The number of hydrogen-bond acceptors (Lipinski definition) is 3. The number of carbonyl (C=O) groups is 1. The Kier molecular flexibility index (Phi) is 5.12. The third kappa shape index (κ3) is 4.06. The van der Waals surface area contributed by atoms with E-state index in [0.29, 0.717) is 16.7 Å². The molecule has 0 radical (unpaired) electrons. The fraction of sp³-hybridized carbons (Fsp3) is 0.200. The lowest BCUT2D eigenvalue weighted by Crippen LogP contribution is -2.32. The summed E-state index contributed by atoms with van der Waals surface area (Å²) in [4.78, 5) is 18.0. The van der Waals surface area contributed by atoms with Crippen LogP contribution in [-0.2, 0) is 0 Å². The van der Waals surface area contributed by atoms with Crippen molar-refractivity contribution in [2.24, 2.45) is 0 Å². The van der Waals surface area contributed by atoms with Gasteiger partial charge in [0, 0.05) is 37.6 Å². The molecule has 2 rings (SSSR count). The fourth-order valence-corrected chi connectivity index (χ4v) is 2.16. The molecule has 1 heterocycles. The summed E-state index contributed by atoms with van der Waals surface area (Å²) in [6.45, 7) is 1.34. The Bertz CT molecular complexity index is 574. The van der Waals surface area contributed by atoms with Crippen LogP contribution in [-0.4, -0.2) is 31.0 Å². The Morgan fingerprint density at radius 3 is 2.75 bits per heavy atom. The average molecular weight is 334 g/mol. The largest absolute Gasteiger partial charge is 0.373 e. The number of aromatic nitrogens is 1. The van der Waals surface area contributed by atoms with Crippen LogP contribution in [0.15, 0.2) is 53.3 Å². The van der Waals surface area contributed by atoms with Crippen LogP contribution in [0.5, 0.6) is 0 Å². The van der Waals surface area contributed by atoms with Crippen molar-refractivity contribution in [3.63, 3.8) is 0 Å². The van der Waals surface area contributed by atoms with Gasteiger partial charge in [-0.15, -0.1) is 0 Å². The van der Waals surface area contributed by atoms with E-state index in [9.17, 15) is 4.79 Å². The molecular weight excluding hydrogens is 318 g/mol. The first-order valence-electron chi connectivity index (χ1n) is 6.33. The van der Waals surface area contributed by atoms with Crippen LogP contribution in [0.1, 0.15) is 10.4 Å². The third-order valence-corrected chi connectivity index (χ3v) is 3.35. The van der Waals surface area contributed by atoms with Crippen molar-refractivity contribution in [3.8, 4) is 0 Å². The second-order valence-corrected chi connectivity index (χ2v) is 5.19. The molecule has 0 spiro atoms. The lowest BCUT2D eigenvalue weighted by Gasteiger charge is -2.19. The van der Waals surface area contributed by atoms with Crippen molar-refractivity contribution in [1.29, 1.82) is 0 Å². The number of hydrogen-bond donors (Lipinski definition) is 1. The van der Waals surface area contributed by atoms with Gasteiger partial charge in [-0.2, -0.15) is 0 Å². The minimum atomic E-state index is -0.0884. The highest BCUT2D eigenvalue weighted by molar-refractivity contribution is 9.10. The van der Waals surface area contributed by atoms with Crippen LogP contribution < -0.4 is 10.2 Å². The number of carbonyl (C=O) groups excluding carboxylic acids is 1. The summed E-state index contributed by atoms with van der Waals surface area (Å²) in [6.07, 6.45) is 1.61. The van der Waals surface area contributed by atoms with Gasteiger partial charge < -0.3 is 10.2 Å². The summed E-state index contributed by atoms with van der Waals surface area (Å²) in [5.74, 6) is -0.0884. The molecule has 1 aromatic heterocycles. The number of anilines is 1. The number of halogens is 1. The van der Waals surface area contributed by atoms with Gasteiger partial charge in [0.05, 0.1) is 0 Å². The van der Waals surface area contributed by atoms with Crippen molar-refractivity contribution in [2.75, 3.05) is 25.0 Å². The second kappa shape index (κ2) is 7.05. The van der Waals surface area contributed by atoms with E-state index in [0.717, 1.165) is 12.2 Å². The maximum atomic E-state index is 11.9. The first kappa shape index (κ1) is 14.5. The van der Waals surface area contributed by atoms with E-state index >= 15 is 0 Å². The number of likely N-dealkylation sites (N-methyl/N-ethyl adjacent to an activating group) is 1. The normalized spacial score (nSPS) is 10.1. The summed E-state index contributed by atoms with van der Waals surface area (Å²) in [5.41, 5.74) is 1.74. The number of amides is 1. The van der Waals surface area contributed by atoms with Gasteiger partial charge in [0.25, 0.3) is 5.91 Å². The van der Waals surface area contributed by atoms with Crippen LogP contribution in [0.2, 0.25) is 0 Å². The molecule has 20 heavy (non-hydrogen) atoms. The quantitative estimate of drug-likeness (QED) is 0.855. The molecule has 5 heteroatoms. The van der Waals surface area contributed by atoms with Crippen LogP contribution in [0, 0.1) is 0 Å². The van der Waals surface area contributed by atoms with Crippen LogP contribution in [0.25, 0.3) is 0 Å². The predicted molar refractivity (Wildman–Crippen MR) is 84.0 cm³/mol. The summed E-state index contributed by atoms with van der Waals surface area (Å²) in [5, 5.41) is 2.90. The van der Waals surface area contributed by atoms with E-state index in [4.69, 9.17) is 0 Å². The third-order valence-electron chi connectivity index (χ3n) is 2.92. The van der Waals surface area contributed by atoms with E-state index in [2.05, 4.69) is 31.1 Å². The van der Waals surface area contributed by atoms with Crippen molar-refractivity contribution < 1.29 is 4.79 Å². The summed E-state index contributed by atoms with van der Waals surface area (Å²) in [7, 11) is 2.00. The van der Waals surface area contributed by atoms with Crippen molar-refractivity contribution in [1.82, 2.24) is 10.3 Å². The summed E-state index contributed by atoms with van der Waals surface area (Å²) >= 11 is 3.25. The average Bonchev–Trinajstić information content (AvgIpc) is 2.48. The zero-order valence-electron chi connectivity index (χ0n) is 11.2. The van der Waals surface area contributed by atoms with Crippen molar-refractivity contribution >= 4 is 27.5 Å². The van der Waals surface area contributed by atoms with Crippen LogP contribution >= 0.6 is 15.9 Å². The van der Waals surface area contributed by atoms with Gasteiger partial charge in [0.2, 0.25) is 0 Å². The van der Waals surface area contributed by atoms with Gasteiger partial charge >= 0.3 is 0 Å². The Morgan fingerprint density at radius 1 is 1.30 bits per heavy atom. The van der Waals surface area contributed by atoms with Crippen molar-refractivity contribution in [3.05, 3.63) is 58.8 Å². The first-order chi connectivity index (χ1) is 9.66. The van der Waals surface area contributed by atoms with Gasteiger partial charge in [-0.05, 0) is 40.2 Å². The summed E-state index contributed by atoms with van der Waals surface area (Å²) < 4.78 is 0.659. The Balaban J connectivity index is 1.83. The second-order valence-electron chi connectivity index (χ2n) is 4.38. The maximum absolute atomic E-state index is 11.9. The van der Waals surface area contributed by atoms with E-state index in [1.165, 1.54) is 0 Å². The number of nitrogens with zero attached hydrogens (tertiary/aromatic N) is 2. The number of rotatable bonds is 5. The molecule has 0 saturated carbocycles. The topological polar surface area (TPSA) is 45.2 Å². The minimum Gasteiger partial charge on any atom is -0.373 e. The SMILES string of the molecule is CN(CCNC(=O)c1ccnc(Br)c1)c1ccccc1. The first-order valence-corrected chi connectivity index (χ1v) is 7.12. The van der Waals surface area contributed by atoms with Gasteiger partial charge in [0.1, 0.15) is 4.60 Å².